The summed E-state index contributed by atoms with van der Waals surface area (Å²) in [7, 11) is 1.95. The number of aromatic nitrogens is 4. The Labute approximate surface area is 221 Å². The van der Waals surface area contributed by atoms with Gasteiger partial charge in [-0.2, -0.15) is 10.1 Å². The van der Waals surface area contributed by atoms with E-state index in [9.17, 15) is 0 Å². The smallest absolute Gasteiger partial charge is 0.265 e. The predicted molar refractivity (Wildman–Crippen MR) is 146 cm³/mol. The summed E-state index contributed by atoms with van der Waals surface area (Å²) in [6, 6.07) is 19.3. The van der Waals surface area contributed by atoms with Crippen LogP contribution in [0.3, 0.4) is 0 Å². The molecule has 0 spiro atoms. The SMILES string of the molecule is CCOc1cc(/C=N/Nc2nnc3c4ccccc4n(C)c3n2)cc(Br)c1OCc1ccccc1Cl. The lowest BCUT2D eigenvalue weighted by Gasteiger charge is -2.15. The van der Waals surface area contributed by atoms with Crippen molar-refractivity contribution in [3.05, 3.63) is 81.3 Å². The van der Waals surface area contributed by atoms with Gasteiger partial charge in [-0.3, -0.25) is 0 Å². The van der Waals surface area contributed by atoms with Crippen molar-refractivity contribution in [1.82, 2.24) is 19.7 Å². The summed E-state index contributed by atoms with van der Waals surface area (Å²) in [5.41, 5.74) is 7.07. The van der Waals surface area contributed by atoms with Gasteiger partial charge in [0.2, 0.25) is 0 Å². The standard InChI is InChI=1S/C26H22BrClN6O2/c1-3-35-22-13-16(12-19(27)24(22)36-15-17-8-4-6-10-20(17)28)14-29-32-26-30-25-23(31-33-26)18-9-5-7-11-21(18)34(25)2/h4-14H,3,15H2,1-2H3,(H,30,32,33)/b29-14+. The van der Waals surface area contributed by atoms with E-state index in [0.717, 1.165) is 37.7 Å². The van der Waals surface area contributed by atoms with E-state index in [1.54, 1.807) is 6.21 Å². The molecule has 0 radical (unpaired) electrons. The second-order valence-corrected chi connectivity index (χ2v) is 9.16. The quantitative estimate of drug-likeness (QED) is 0.174. The summed E-state index contributed by atoms with van der Waals surface area (Å²) >= 11 is 9.85. The summed E-state index contributed by atoms with van der Waals surface area (Å²) in [4.78, 5) is 4.58. The van der Waals surface area contributed by atoms with Crippen LogP contribution < -0.4 is 14.9 Å². The molecule has 182 valence electrons. The molecule has 3 aromatic carbocycles. The van der Waals surface area contributed by atoms with Crippen LogP contribution in [0, 0.1) is 0 Å². The number of hydrogen-bond acceptors (Lipinski definition) is 7. The van der Waals surface area contributed by atoms with Crippen molar-refractivity contribution >= 4 is 61.8 Å². The number of aryl methyl sites for hydroxylation is 1. The summed E-state index contributed by atoms with van der Waals surface area (Å²) in [5.74, 6) is 1.49. The van der Waals surface area contributed by atoms with Crippen molar-refractivity contribution in [1.29, 1.82) is 0 Å². The first-order valence-corrected chi connectivity index (χ1v) is 12.4. The lowest BCUT2D eigenvalue weighted by molar-refractivity contribution is 0.267. The van der Waals surface area contributed by atoms with Crippen LogP contribution in [0.1, 0.15) is 18.1 Å². The molecule has 0 saturated heterocycles. The van der Waals surface area contributed by atoms with Crippen LogP contribution in [0.2, 0.25) is 5.02 Å². The van der Waals surface area contributed by atoms with Crippen molar-refractivity contribution < 1.29 is 9.47 Å². The van der Waals surface area contributed by atoms with Crippen LogP contribution in [0.15, 0.2) is 70.2 Å². The molecule has 1 N–H and O–H groups in total. The minimum Gasteiger partial charge on any atom is -0.490 e. The number of anilines is 1. The van der Waals surface area contributed by atoms with Crippen LogP contribution in [0.5, 0.6) is 11.5 Å². The van der Waals surface area contributed by atoms with Crippen molar-refractivity contribution in [2.24, 2.45) is 12.1 Å². The first kappa shape index (κ1) is 24.0. The lowest BCUT2D eigenvalue weighted by atomic mass is 10.2. The fourth-order valence-electron chi connectivity index (χ4n) is 3.85. The second-order valence-electron chi connectivity index (χ2n) is 7.90. The largest absolute Gasteiger partial charge is 0.490 e. The third kappa shape index (κ3) is 4.84. The molecule has 10 heteroatoms. The molecule has 0 amide bonds. The summed E-state index contributed by atoms with van der Waals surface area (Å²) in [6.07, 6.45) is 1.65. The van der Waals surface area contributed by atoms with Gasteiger partial charge in [-0.15, -0.1) is 10.2 Å². The van der Waals surface area contributed by atoms with E-state index >= 15 is 0 Å². The Morgan fingerprint density at radius 3 is 2.72 bits per heavy atom. The highest BCUT2D eigenvalue weighted by molar-refractivity contribution is 9.10. The number of ether oxygens (including phenoxy) is 2. The van der Waals surface area contributed by atoms with Crippen molar-refractivity contribution in [2.75, 3.05) is 12.0 Å². The van der Waals surface area contributed by atoms with E-state index in [1.165, 1.54) is 0 Å². The zero-order valence-corrected chi connectivity index (χ0v) is 21.9. The van der Waals surface area contributed by atoms with E-state index in [0.29, 0.717) is 35.7 Å². The third-order valence-corrected chi connectivity index (χ3v) is 6.50. The normalized spacial score (nSPS) is 11.4. The van der Waals surface area contributed by atoms with E-state index in [2.05, 4.69) is 41.6 Å². The molecule has 0 fully saturated rings. The molecule has 0 bridgehead atoms. The third-order valence-electron chi connectivity index (χ3n) is 5.55. The minimum atomic E-state index is 0.299. The van der Waals surface area contributed by atoms with Gasteiger partial charge in [0.15, 0.2) is 17.1 Å². The Kier molecular flexibility index (Phi) is 7.02. The summed E-state index contributed by atoms with van der Waals surface area (Å²) in [5, 5.41) is 14.5. The zero-order chi connectivity index (χ0) is 25.1. The molecular formula is C26H22BrClN6O2. The highest BCUT2D eigenvalue weighted by Crippen LogP contribution is 2.37. The van der Waals surface area contributed by atoms with E-state index in [-0.39, 0.29) is 0 Å². The number of nitrogens with one attached hydrogen (secondary N) is 1. The number of fused-ring (bicyclic) bond motifs is 3. The van der Waals surface area contributed by atoms with Gasteiger partial charge in [0.05, 0.1) is 22.8 Å². The van der Waals surface area contributed by atoms with Gasteiger partial charge in [0.25, 0.3) is 5.95 Å². The van der Waals surface area contributed by atoms with Gasteiger partial charge in [-0.25, -0.2) is 5.43 Å². The zero-order valence-electron chi connectivity index (χ0n) is 19.6. The van der Waals surface area contributed by atoms with Gasteiger partial charge in [0, 0.05) is 23.0 Å². The fourth-order valence-corrected chi connectivity index (χ4v) is 4.61. The average Bonchev–Trinajstić information content (AvgIpc) is 3.16. The van der Waals surface area contributed by atoms with E-state index in [1.807, 2.05) is 79.2 Å². The molecule has 0 atom stereocenters. The van der Waals surface area contributed by atoms with E-state index in [4.69, 9.17) is 21.1 Å². The van der Waals surface area contributed by atoms with Crippen LogP contribution in [-0.4, -0.2) is 32.6 Å². The number of nitrogens with zero attached hydrogens (tertiary/aromatic N) is 5. The molecular weight excluding hydrogens is 544 g/mol. The number of benzene rings is 3. The van der Waals surface area contributed by atoms with Gasteiger partial charge in [-0.1, -0.05) is 48.0 Å². The number of halogens is 2. The first-order chi connectivity index (χ1) is 17.5. The molecule has 2 aromatic heterocycles. The average molecular weight is 566 g/mol. The van der Waals surface area contributed by atoms with Crippen molar-refractivity contribution in [3.63, 3.8) is 0 Å². The lowest BCUT2D eigenvalue weighted by Crippen LogP contribution is -2.03. The summed E-state index contributed by atoms with van der Waals surface area (Å²) in [6.45, 7) is 2.72. The Morgan fingerprint density at radius 2 is 1.89 bits per heavy atom. The molecule has 0 aliphatic carbocycles. The molecule has 0 aliphatic heterocycles. The maximum atomic E-state index is 6.26. The number of rotatable bonds is 8. The predicted octanol–water partition coefficient (Wildman–Crippen LogP) is 6.36. The van der Waals surface area contributed by atoms with Crippen LogP contribution in [0.25, 0.3) is 22.1 Å². The molecule has 2 heterocycles. The van der Waals surface area contributed by atoms with Crippen molar-refractivity contribution in [3.8, 4) is 11.5 Å². The number of para-hydroxylation sites is 1. The van der Waals surface area contributed by atoms with Gasteiger partial charge >= 0.3 is 0 Å². The molecule has 8 nitrogen and oxygen atoms in total. The van der Waals surface area contributed by atoms with E-state index < -0.39 is 0 Å². The van der Waals surface area contributed by atoms with Crippen molar-refractivity contribution in [2.45, 2.75) is 13.5 Å². The van der Waals surface area contributed by atoms with Crippen LogP contribution in [0.4, 0.5) is 5.95 Å². The molecule has 5 aromatic rings. The second kappa shape index (κ2) is 10.5. The Morgan fingerprint density at radius 1 is 1.08 bits per heavy atom. The minimum absolute atomic E-state index is 0.299. The van der Waals surface area contributed by atoms with Gasteiger partial charge < -0.3 is 14.0 Å². The molecule has 0 aliphatic rings. The number of hydrogen-bond donors (Lipinski definition) is 1. The molecule has 5 rings (SSSR count). The fraction of sp³-hybridized carbons (Fsp3) is 0.154. The molecule has 0 unspecified atom stereocenters. The maximum Gasteiger partial charge on any atom is 0.265 e. The Hall–Kier alpha value is -3.69. The Bertz CT molecular complexity index is 1590. The van der Waals surface area contributed by atoms with Crippen LogP contribution in [-0.2, 0) is 13.7 Å². The monoisotopic (exact) mass is 564 g/mol. The summed E-state index contributed by atoms with van der Waals surface area (Å²) < 4.78 is 14.6. The first-order valence-electron chi connectivity index (χ1n) is 11.2. The molecule has 0 saturated carbocycles. The topological polar surface area (TPSA) is 86.5 Å². The Balaban J connectivity index is 1.35. The van der Waals surface area contributed by atoms with Crippen LogP contribution >= 0.6 is 27.5 Å². The molecule has 36 heavy (non-hydrogen) atoms. The highest BCUT2D eigenvalue weighted by atomic mass is 79.9. The number of hydrazone groups is 1. The van der Waals surface area contributed by atoms with Gasteiger partial charge in [-0.05, 0) is 52.7 Å². The maximum absolute atomic E-state index is 6.26. The van der Waals surface area contributed by atoms with Gasteiger partial charge in [0.1, 0.15) is 12.1 Å². The highest BCUT2D eigenvalue weighted by Gasteiger charge is 2.14.